The Bertz CT molecular complexity index is 1770. The largest absolute Gasteiger partial charge is 0.472 e. The van der Waals surface area contributed by atoms with Crippen molar-refractivity contribution in [2.24, 2.45) is 0 Å². The van der Waals surface area contributed by atoms with Crippen molar-refractivity contribution in [2.75, 3.05) is 40.9 Å². The smallest absolute Gasteiger partial charge is 0.456 e. The van der Waals surface area contributed by atoms with Crippen molar-refractivity contribution in [2.45, 2.75) is 264 Å². The second-order valence-corrected chi connectivity index (χ2v) is 23.8. The van der Waals surface area contributed by atoms with Crippen molar-refractivity contribution < 1.29 is 37.3 Å². The number of rotatable bonds is 56. The Balaban J connectivity index is 5.19. The summed E-state index contributed by atoms with van der Waals surface area (Å²) in [6.45, 7) is 6.79. The fraction of sp³-hybridized carbons (Fsp3) is 0.681. The number of likely N-dealkylation sites (N-methyl/N-ethyl adjacent to an activating group) is 1. The molecule has 452 valence electrons. The number of phosphoric ester groups is 1. The first kappa shape index (κ1) is 75.4. The van der Waals surface area contributed by atoms with Crippen LogP contribution in [0.4, 0.5) is 0 Å². The fourth-order valence-electron chi connectivity index (χ4n) is 8.63. The number of nitrogens with zero attached hydrogens (tertiary/aromatic N) is 1. The Kier molecular flexibility index (Phi) is 55.0. The van der Waals surface area contributed by atoms with Crippen molar-refractivity contribution in [1.82, 2.24) is 5.32 Å². The Morgan fingerprint density at radius 2 is 0.861 bits per heavy atom. The highest BCUT2D eigenvalue weighted by molar-refractivity contribution is 7.47. The molecule has 0 saturated heterocycles. The summed E-state index contributed by atoms with van der Waals surface area (Å²) in [4.78, 5) is 37.7. The van der Waals surface area contributed by atoms with E-state index in [1.807, 2.05) is 94.1 Å². The topological polar surface area (TPSA) is 111 Å². The number of hydrogen-bond acceptors (Lipinski definition) is 6. The number of esters is 1. The number of hydrogen-bond donors (Lipinski definition) is 2. The van der Waals surface area contributed by atoms with Crippen molar-refractivity contribution >= 4 is 19.7 Å². The maximum atomic E-state index is 13.6. The van der Waals surface area contributed by atoms with Crippen LogP contribution in [-0.2, 0) is 27.9 Å². The molecule has 2 N–H and O–H groups in total. The molecule has 9 nitrogen and oxygen atoms in total. The number of allylic oxidation sites excluding steroid dienone is 19. The molecule has 0 aromatic carbocycles. The Hall–Kier alpha value is -3.59. The standard InChI is InChI=1S/C69H119N2O7P/c1-7-10-13-16-19-22-25-27-29-31-32-33-34-35-36-37-38-40-41-43-46-49-52-55-58-61-68(72)70-66(65-77-79(74,75)76-64-63-71(4,5)6)67(60-57-54-51-48-45-24-21-18-15-12-9-3)78-69(73)62-59-56-53-50-47-44-42-39-30-28-26-23-20-17-14-11-8-2/h11,14,17,19-20,22-23,26-30,32-33,39,42,44,47,57,60,66-67H,7-10,12-13,15-16,18,21,24-25,31,34-38,40-41,43,45-46,48-56,58-59,61-65H2,1-6H3,(H-,70,72,74,75)/p+1/b14-11-,20-17+,22-19-,26-23+,29-27-,30-28-,33-32-,42-39+,47-44+,60-57-. The third-order valence-corrected chi connectivity index (χ3v) is 14.5. The van der Waals surface area contributed by atoms with Gasteiger partial charge in [0.25, 0.3) is 0 Å². The van der Waals surface area contributed by atoms with Crippen LogP contribution in [0.1, 0.15) is 252 Å². The van der Waals surface area contributed by atoms with Crippen LogP contribution in [0.3, 0.4) is 0 Å². The van der Waals surface area contributed by atoms with Gasteiger partial charge in [-0.1, -0.05) is 271 Å². The van der Waals surface area contributed by atoms with Gasteiger partial charge in [-0.3, -0.25) is 18.6 Å². The average molecular weight is 1120 g/mol. The Morgan fingerprint density at radius 3 is 1.37 bits per heavy atom. The number of nitrogens with one attached hydrogen (secondary N) is 1. The van der Waals surface area contributed by atoms with Crippen molar-refractivity contribution in [3.63, 3.8) is 0 Å². The molecule has 3 unspecified atom stereocenters. The van der Waals surface area contributed by atoms with Crippen LogP contribution < -0.4 is 5.32 Å². The van der Waals surface area contributed by atoms with E-state index in [1.165, 1.54) is 128 Å². The van der Waals surface area contributed by atoms with Crippen LogP contribution in [-0.4, -0.2) is 74.3 Å². The lowest BCUT2D eigenvalue weighted by atomic mass is 10.0. The van der Waals surface area contributed by atoms with Crippen LogP contribution in [0.2, 0.25) is 0 Å². The zero-order chi connectivity index (χ0) is 57.9. The minimum absolute atomic E-state index is 0.0259. The van der Waals surface area contributed by atoms with Gasteiger partial charge in [-0.2, -0.15) is 0 Å². The maximum Gasteiger partial charge on any atom is 0.472 e. The number of carbonyl (C=O) groups excluding carboxylic acids is 2. The van der Waals surface area contributed by atoms with Gasteiger partial charge >= 0.3 is 13.8 Å². The molecule has 0 rings (SSSR count). The maximum absolute atomic E-state index is 13.6. The van der Waals surface area contributed by atoms with Crippen molar-refractivity contribution in [1.29, 1.82) is 0 Å². The molecule has 79 heavy (non-hydrogen) atoms. The van der Waals surface area contributed by atoms with E-state index in [0.29, 0.717) is 23.9 Å². The van der Waals surface area contributed by atoms with E-state index in [0.717, 1.165) is 83.5 Å². The molecule has 0 bridgehead atoms. The highest BCUT2D eigenvalue weighted by atomic mass is 31.2. The summed E-state index contributed by atoms with van der Waals surface area (Å²) in [6.07, 6.45) is 80.6. The Labute approximate surface area is 486 Å². The Morgan fingerprint density at radius 1 is 0.468 bits per heavy atom. The summed E-state index contributed by atoms with van der Waals surface area (Å²) in [5, 5.41) is 3.04. The second-order valence-electron chi connectivity index (χ2n) is 22.4. The van der Waals surface area contributed by atoms with Crippen LogP contribution in [0.25, 0.3) is 0 Å². The third-order valence-electron chi connectivity index (χ3n) is 13.5. The number of unbranched alkanes of at least 4 members (excludes halogenated alkanes) is 27. The summed E-state index contributed by atoms with van der Waals surface area (Å²) < 4.78 is 30.7. The van der Waals surface area contributed by atoms with E-state index in [2.05, 4.69) is 74.7 Å². The quantitative estimate of drug-likeness (QED) is 0.0156. The molecule has 0 heterocycles. The molecule has 3 atom stereocenters. The van der Waals surface area contributed by atoms with Crippen LogP contribution in [0, 0.1) is 0 Å². The minimum Gasteiger partial charge on any atom is -0.456 e. The number of quaternary nitrogens is 1. The summed E-state index contributed by atoms with van der Waals surface area (Å²) in [7, 11) is 1.45. The van der Waals surface area contributed by atoms with Gasteiger partial charge in [-0.05, 0) is 89.5 Å². The summed E-state index contributed by atoms with van der Waals surface area (Å²) in [5.74, 6) is -0.565. The van der Waals surface area contributed by atoms with Gasteiger partial charge in [0.2, 0.25) is 5.91 Å². The van der Waals surface area contributed by atoms with E-state index >= 15 is 0 Å². The van der Waals surface area contributed by atoms with Crippen molar-refractivity contribution in [3.05, 3.63) is 122 Å². The van der Waals surface area contributed by atoms with E-state index in [1.54, 1.807) is 0 Å². The lowest BCUT2D eigenvalue weighted by molar-refractivity contribution is -0.870. The molecule has 0 aliphatic heterocycles. The van der Waals surface area contributed by atoms with Gasteiger partial charge < -0.3 is 19.4 Å². The SMILES string of the molecule is CC\C=C/C=C/C=C/C=C\C=C\C=C\CCCCCC(=O)OC(/C=C\CCCCCCCCCCC)C(COP(=O)(O)OCC[N+](C)(C)C)NC(=O)CCCCCCCCCCCCCC/C=C\C/C=C\C/C=C\CCCCC. The molecule has 0 spiro atoms. The molecule has 0 radical (unpaired) electrons. The van der Waals surface area contributed by atoms with E-state index in [4.69, 9.17) is 13.8 Å². The van der Waals surface area contributed by atoms with Crippen molar-refractivity contribution in [3.8, 4) is 0 Å². The molecule has 0 aliphatic carbocycles. The average Bonchev–Trinajstić information content (AvgIpc) is 3.41. The highest BCUT2D eigenvalue weighted by Gasteiger charge is 2.30. The van der Waals surface area contributed by atoms with Crippen LogP contribution in [0.5, 0.6) is 0 Å². The molecule has 0 aromatic rings. The molecule has 0 fully saturated rings. The third kappa shape index (κ3) is 58.9. The van der Waals surface area contributed by atoms with Gasteiger partial charge in [0.05, 0.1) is 33.8 Å². The molecule has 1 amide bonds. The first-order valence-corrected chi connectivity index (χ1v) is 33.4. The monoisotopic (exact) mass is 1120 g/mol. The normalized spacial score (nSPS) is 14.5. The predicted octanol–water partition coefficient (Wildman–Crippen LogP) is 19.9. The zero-order valence-electron chi connectivity index (χ0n) is 51.6. The van der Waals surface area contributed by atoms with Gasteiger partial charge in [0.1, 0.15) is 19.3 Å². The van der Waals surface area contributed by atoms with Crippen LogP contribution >= 0.6 is 7.82 Å². The van der Waals surface area contributed by atoms with Crippen LogP contribution in [0.15, 0.2) is 122 Å². The van der Waals surface area contributed by atoms with E-state index in [9.17, 15) is 19.0 Å². The zero-order valence-corrected chi connectivity index (χ0v) is 52.5. The molecule has 10 heteroatoms. The molecule has 0 aromatic heterocycles. The second kappa shape index (κ2) is 57.6. The minimum atomic E-state index is -4.47. The highest BCUT2D eigenvalue weighted by Crippen LogP contribution is 2.43. The number of amides is 1. The van der Waals surface area contributed by atoms with E-state index < -0.39 is 20.0 Å². The molecular formula is C69H120N2O7P+. The summed E-state index contributed by atoms with van der Waals surface area (Å²) >= 11 is 0. The van der Waals surface area contributed by atoms with Gasteiger partial charge in [-0.25, -0.2) is 4.57 Å². The first-order valence-electron chi connectivity index (χ1n) is 31.9. The first-order chi connectivity index (χ1) is 38.4. The predicted molar refractivity (Wildman–Crippen MR) is 341 cm³/mol. The molecule has 0 saturated carbocycles. The van der Waals surface area contributed by atoms with Gasteiger partial charge in [-0.15, -0.1) is 0 Å². The summed E-state index contributed by atoms with van der Waals surface area (Å²) in [6, 6.07) is -0.876. The van der Waals surface area contributed by atoms with E-state index in [-0.39, 0.29) is 31.5 Å². The number of ether oxygens (including phenoxy) is 1. The number of carbonyl (C=O) groups is 2. The lowest BCUT2D eigenvalue weighted by Gasteiger charge is -2.27. The molecule has 0 aliphatic rings. The number of phosphoric acid groups is 1. The van der Waals surface area contributed by atoms with Gasteiger partial charge in [0.15, 0.2) is 0 Å². The summed E-state index contributed by atoms with van der Waals surface area (Å²) in [5.41, 5.74) is 0. The lowest BCUT2D eigenvalue weighted by Crippen LogP contribution is -2.47. The van der Waals surface area contributed by atoms with Gasteiger partial charge in [0, 0.05) is 12.8 Å². The molecular weight excluding hydrogens is 1000 g/mol. The fourth-order valence-corrected chi connectivity index (χ4v) is 9.36.